The molecule has 2 unspecified atom stereocenters. The van der Waals surface area contributed by atoms with E-state index in [9.17, 15) is 0 Å². The molecule has 1 saturated carbocycles. The van der Waals surface area contributed by atoms with Crippen LogP contribution < -0.4 is 15.4 Å². The Bertz CT molecular complexity index is 425. The van der Waals surface area contributed by atoms with Gasteiger partial charge in [-0.3, -0.25) is 0 Å². The highest BCUT2D eigenvalue weighted by molar-refractivity contribution is 5.51. The smallest absolute Gasteiger partial charge is 0.120 e. The first-order valence-corrected chi connectivity index (χ1v) is 7.92. The average molecular weight is 292 g/mol. The zero-order valence-corrected chi connectivity index (χ0v) is 13.3. The van der Waals surface area contributed by atoms with Gasteiger partial charge >= 0.3 is 0 Å². The SMILES string of the molecule is COc1cccc(N(CCCN)C2CCCC(OC)C2)c1. The maximum absolute atomic E-state index is 5.72. The second-order valence-corrected chi connectivity index (χ2v) is 5.72. The molecule has 0 amide bonds. The van der Waals surface area contributed by atoms with E-state index in [4.69, 9.17) is 15.2 Å². The monoisotopic (exact) mass is 292 g/mol. The number of methoxy groups -OCH3 is 2. The van der Waals surface area contributed by atoms with Crippen molar-refractivity contribution in [3.63, 3.8) is 0 Å². The summed E-state index contributed by atoms with van der Waals surface area (Å²) in [5.41, 5.74) is 6.94. The van der Waals surface area contributed by atoms with Crippen LogP contribution in [0.5, 0.6) is 5.75 Å². The zero-order valence-electron chi connectivity index (χ0n) is 13.3. The molecule has 2 rings (SSSR count). The minimum Gasteiger partial charge on any atom is -0.497 e. The molecule has 1 aromatic rings. The van der Waals surface area contributed by atoms with Crippen molar-refractivity contribution in [3.05, 3.63) is 24.3 Å². The maximum Gasteiger partial charge on any atom is 0.120 e. The van der Waals surface area contributed by atoms with Crippen molar-refractivity contribution in [1.29, 1.82) is 0 Å². The summed E-state index contributed by atoms with van der Waals surface area (Å²) >= 11 is 0. The zero-order chi connectivity index (χ0) is 15.1. The summed E-state index contributed by atoms with van der Waals surface area (Å²) in [5.74, 6) is 0.907. The fourth-order valence-corrected chi connectivity index (χ4v) is 3.19. The van der Waals surface area contributed by atoms with Crippen LogP contribution in [-0.4, -0.2) is 39.5 Å². The molecule has 21 heavy (non-hydrogen) atoms. The fraction of sp³-hybridized carbons (Fsp3) is 0.647. The Balaban J connectivity index is 2.16. The molecular formula is C17H28N2O2. The first-order chi connectivity index (χ1) is 10.3. The summed E-state index contributed by atoms with van der Waals surface area (Å²) in [6, 6.07) is 8.86. The summed E-state index contributed by atoms with van der Waals surface area (Å²) < 4.78 is 10.9. The van der Waals surface area contributed by atoms with Crippen molar-refractivity contribution >= 4 is 5.69 Å². The number of hydrogen-bond acceptors (Lipinski definition) is 4. The molecule has 2 atom stereocenters. The van der Waals surface area contributed by atoms with E-state index in [1.165, 1.54) is 24.9 Å². The van der Waals surface area contributed by atoms with Crippen LogP contribution in [0.1, 0.15) is 32.1 Å². The number of ether oxygens (including phenoxy) is 2. The van der Waals surface area contributed by atoms with E-state index in [-0.39, 0.29) is 0 Å². The largest absolute Gasteiger partial charge is 0.497 e. The summed E-state index contributed by atoms with van der Waals surface area (Å²) in [5, 5.41) is 0. The molecule has 4 heteroatoms. The summed E-state index contributed by atoms with van der Waals surface area (Å²) in [4.78, 5) is 2.49. The highest BCUT2D eigenvalue weighted by atomic mass is 16.5. The number of hydrogen-bond donors (Lipinski definition) is 1. The highest BCUT2D eigenvalue weighted by Gasteiger charge is 2.26. The summed E-state index contributed by atoms with van der Waals surface area (Å²) in [7, 11) is 3.54. The highest BCUT2D eigenvalue weighted by Crippen LogP contribution is 2.30. The third kappa shape index (κ3) is 4.35. The van der Waals surface area contributed by atoms with Crippen molar-refractivity contribution in [2.24, 2.45) is 5.73 Å². The third-order valence-corrected chi connectivity index (χ3v) is 4.36. The van der Waals surface area contributed by atoms with Gasteiger partial charge in [0, 0.05) is 31.5 Å². The first-order valence-electron chi connectivity index (χ1n) is 7.92. The average Bonchev–Trinajstić information content (AvgIpc) is 2.55. The summed E-state index contributed by atoms with van der Waals surface area (Å²) in [6.45, 7) is 1.71. The van der Waals surface area contributed by atoms with Crippen LogP contribution in [0.2, 0.25) is 0 Å². The van der Waals surface area contributed by atoms with E-state index in [1.54, 1.807) is 7.11 Å². The van der Waals surface area contributed by atoms with Gasteiger partial charge in [0.25, 0.3) is 0 Å². The van der Waals surface area contributed by atoms with Crippen molar-refractivity contribution in [2.75, 3.05) is 32.2 Å². The molecule has 1 aliphatic carbocycles. The first kappa shape index (κ1) is 16.1. The molecule has 0 heterocycles. The lowest BCUT2D eigenvalue weighted by atomic mass is 9.91. The Labute approximate surface area is 128 Å². The van der Waals surface area contributed by atoms with Gasteiger partial charge < -0.3 is 20.1 Å². The van der Waals surface area contributed by atoms with Crippen LogP contribution in [0.4, 0.5) is 5.69 Å². The third-order valence-electron chi connectivity index (χ3n) is 4.36. The number of rotatable bonds is 7. The number of nitrogens with zero attached hydrogens (tertiary/aromatic N) is 1. The van der Waals surface area contributed by atoms with Crippen molar-refractivity contribution in [1.82, 2.24) is 0 Å². The predicted molar refractivity (Wildman–Crippen MR) is 87.1 cm³/mol. The van der Waals surface area contributed by atoms with Crippen LogP contribution in [0.15, 0.2) is 24.3 Å². The van der Waals surface area contributed by atoms with Gasteiger partial charge in [-0.25, -0.2) is 0 Å². The normalized spacial score (nSPS) is 22.0. The van der Waals surface area contributed by atoms with Crippen LogP contribution in [0.3, 0.4) is 0 Å². The van der Waals surface area contributed by atoms with Crippen molar-refractivity contribution < 1.29 is 9.47 Å². The van der Waals surface area contributed by atoms with Gasteiger partial charge in [0.2, 0.25) is 0 Å². The summed E-state index contributed by atoms with van der Waals surface area (Å²) in [6.07, 6.45) is 6.11. The van der Waals surface area contributed by atoms with E-state index in [2.05, 4.69) is 23.1 Å². The van der Waals surface area contributed by atoms with E-state index >= 15 is 0 Å². The number of nitrogens with two attached hydrogens (primary N) is 1. The predicted octanol–water partition coefficient (Wildman–Crippen LogP) is 2.81. The van der Waals surface area contributed by atoms with Crippen molar-refractivity contribution in [2.45, 2.75) is 44.2 Å². The fourth-order valence-electron chi connectivity index (χ4n) is 3.19. The molecule has 4 nitrogen and oxygen atoms in total. The molecule has 1 fully saturated rings. The Hall–Kier alpha value is -1.26. The number of benzene rings is 1. The second kappa shape index (κ2) is 8.25. The molecule has 1 aromatic carbocycles. The Morgan fingerprint density at radius 1 is 1.29 bits per heavy atom. The molecule has 1 aliphatic rings. The molecule has 0 saturated heterocycles. The van der Waals surface area contributed by atoms with Gasteiger partial charge in [-0.15, -0.1) is 0 Å². The molecular weight excluding hydrogens is 264 g/mol. The lowest BCUT2D eigenvalue weighted by molar-refractivity contribution is 0.0630. The van der Waals surface area contributed by atoms with Crippen LogP contribution in [0.25, 0.3) is 0 Å². The maximum atomic E-state index is 5.72. The molecule has 0 spiro atoms. The quantitative estimate of drug-likeness (QED) is 0.839. The van der Waals surface area contributed by atoms with Crippen LogP contribution >= 0.6 is 0 Å². The minimum atomic E-state index is 0.384. The standard InChI is InChI=1S/C17H28N2O2/c1-20-16-8-3-6-14(12-16)19(11-5-10-18)15-7-4-9-17(13-15)21-2/h3,6,8,12,15,17H,4-5,7,9-11,13,18H2,1-2H3. The van der Waals surface area contributed by atoms with Gasteiger partial charge in [-0.05, 0) is 50.8 Å². The molecule has 2 N–H and O–H groups in total. The van der Waals surface area contributed by atoms with Gasteiger partial charge in [0.05, 0.1) is 13.2 Å². The van der Waals surface area contributed by atoms with Crippen LogP contribution in [0, 0.1) is 0 Å². The van der Waals surface area contributed by atoms with Crippen LogP contribution in [-0.2, 0) is 4.74 Å². The molecule has 0 aromatic heterocycles. The molecule has 0 radical (unpaired) electrons. The Morgan fingerprint density at radius 2 is 2.14 bits per heavy atom. The Kier molecular flexibility index (Phi) is 6.33. The van der Waals surface area contributed by atoms with Gasteiger partial charge in [0.15, 0.2) is 0 Å². The molecule has 118 valence electrons. The van der Waals surface area contributed by atoms with E-state index in [0.717, 1.165) is 31.7 Å². The second-order valence-electron chi connectivity index (χ2n) is 5.72. The van der Waals surface area contributed by atoms with Gasteiger partial charge in [-0.1, -0.05) is 6.07 Å². The van der Waals surface area contributed by atoms with Gasteiger partial charge in [-0.2, -0.15) is 0 Å². The lowest BCUT2D eigenvalue weighted by Crippen LogP contribution is -2.41. The Morgan fingerprint density at radius 3 is 2.86 bits per heavy atom. The van der Waals surface area contributed by atoms with Gasteiger partial charge in [0.1, 0.15) is 5.75 Å². The lowest BCUT2D eigenvalue weighted by Gasteiger charge is -2.38. The topological polar surface area (TPSA) is 47.7 Å². The molecule has 0 bridgehead atoms. The molecule has 0 aliphatic heterocycles. The number of anilines is 1. The minimum absolute atomic E-state index is 0.384. The van der Waals surface area contributed by atoms with Crippen molar-refractivity contribution in [3.8, 4) is 5.75 Å². The van der Waals surface area contributed by atoms with E-state index in [1.807, 2.05) is 13.2 Å². The van der Waals surface area contributed by atoms with E-state index in [0.29, 0.717) is 12.1 Å². The van der Waals surface area contributed by atoms with E-state index < -0.39 is 0 Å².